The Morgan fingerprint density at radius 3 is 2.81 bits per heavy atom. The SMILES string of the molecule is Cc1cc(F)ccc1Nc1ncc2c(n1)CN(C(=O)OC(C)(C)C)CC2. The first-order chi connectivity index (χ1) is 12.2. The molecular weight excluding hydrogens is 335 g/mol. The molecule has 7 heteroatoms. The van der Waals surface area contributed by atoms with Crippen LogP contribution in [0.25, 0.3) is 0 Å². The van der Waals surface area contributed by atoms with Crippen molar-refractivity contribution in [2.45, 2.75) is 46.3 Å². The van der Waals surface area contributed by atoms with Crippen LogP contribution in [0, 0.1) is 12.7 Å². The molecule has 0 atom stereocenters. The van der Waals surface area contributed by atoms with E-state index in [2.05, 4.69) is 15.3 Å². The van der Waals surface area contributed by atoms with Gasteiger partial charge in [-0.05, 0) is 63.4 Å². The number of halogens is 1. The maximum Gasteiger partial charge on any atom is 0.410 e. The summed E-state index contributed by atoms with van der Waals surface area (Å²) in [4.78, 5) is 22.8. The van der Waals surface area contributed by atoms with Gasteiger partial charge in [0.2, 0.25) is 5.95 Å². The lowest BCUT2D eigenvalue weighted by atomic mass is 10.1. The van der Waals surface area contributed by atoms with E-state index in [0.717, 1.165) is 22.5 Å². The Morgan fingerprint density at radius 1 is 1.35 bits per heavy atom. The smallest absolute Gasteiger partial charge is 0.410 e. The number of fused-ring (bicyclic) bond motifs is 1. The lowest BCUT2D eigenvalue weighted by molar-refractivity contribution is 0.0220. The van der Waals surface area contributed by atoms with E-state index in [1.807, 2.05) is 27.7 Å². The first kappa shape index (κ1) is 18.1. The van der Waals surface area contributed by atoms with Gasteiger partial charge in [0.05, 0.1) is 12.2 Å². The van der Waals surface area contributed by atoms with Gasteiger partial charge in [-0.3, -0.25) is 0 Å². The van der Waals surface area contributed by atoms with Crippen LogP contribution in [-0.4, -0.2) is 33.1 Å². The van der Waals surface area contributed by atoms with Crippen molar-refractivity contribution >= 4 is 17.7 Å². The second-order valence-electron chi connectivity index (χ2n) is 7.40. The summed E-state index contributed by atoms with van der Waals surface area (Å²) in [6.07, 6.45) is 2.12. The van der Waals surface area contributed by atoms with Crippen molar-refractivity contribution in [1.29, 1.82) is 0 Å². The number of benzene rings is 1. The second-order valence-corrected chi connectivity index (χ2v) is 7.40. The van der Waals surface area contributed by atoms with Gasteiger partial charge in [0, 0.05) is 18.4 Å². The number of ether oxygens (including phenoxy) is 1. The van der Waals surface area contributed by atoms with E-state index < -0.39 is 5.60 Å². The van der Waals surface area contributed by atoms with Crippen LogP contribution < -0.4 is 5.32 Å². The topological polar surface area (TPSA) is 67.4 Å². The summed E-state index contributed by atoms with van der Waals surface area (Å²) in [5, 5.41) is 3.11. The number of amides is 1. The number of carbonyl (C=O) groups is 1. The molecule has 1 amide bonds. The fraction of sp³-hybridized carbons (Fsp3) is 0.421. The van der Waals surface area contributed by atoms with Crippen LogP contribution in [0.5, 0.6) is 0 Å². The normalized spacial score (nSPS) is 14.0. The summed E-state index contributed by atoms with van der Waals surface area (Å²) >= 11 is 0. The summed E-state index contributed by atoms with van der Waals surface area (Å²) in [6.45, 7) is 8.31. The largest absolute Gasteiger partial charge is 0.444 e. The number of nitrogens with zero attached hydrogens (tertiary/aromatic N) is 3. The third kappa shape index (κ3) is 4.28. The van der Waals surface area contributed by atoms with Crippen molar-refractivity contribution in [2.24, 2.45) is 0 Å². The molecule has 0 fully saturated rings. The maximum absolute atomic E-state index is 13.2. The number of aromatic nitrogens is 2. The van der Waals surface area contributed by atoms with Crippen molar-refractivity contribution < 1.29 is 13.9 Å². The second kappa shape index (κ2) is 6.90. The fourth-order valence-electron chi connectivity index (χ4n) is 2.73. The number of aryl methyl sites for hydroxylation is 1. The van der Waals surface area contributed by atoms with Crippen molar-refractivity contribution in [3.63, 3.8) is 0 Å². The van der Waals surface area contributed by atoms with E-state index in [0.29, 0.717) is 25.5 Å². The zero-order chi connectivity index (χ0) is 18.9. The van der Waals surface area contributed by atoms with E-state index in [9.17, 15) is 9.18 Å². The Morgan fingerprint density at radius 2 is 2.12 bits per heavy atom. The van der Waals surface area contributed by atoms with Crippen LogP contribution >= 0.6 is 0 Å². The Balaban J connectivity index is 1.76. The summed E-state index contributed by atoms with van der Waals surface area (Å²) in [5.41, 5.74) is 2.79. The molecule has 1 aromatic carbocycles. The molecule has 0 bridgehead atoms. The summed E-state index contributed by atoms with van der Waals surface area (Å²) < 4.78 is 18.7. The van der Waals surface area contributed by atoms with E-state index in [1.165, 1.54) is 12.1 Å². The molecule has 2 heterocycles. The highest BCUT2D eigenvalue weighted by Crippen LogP contribution is 2.23. The average Bonchev–Trinajstić information content (AvgIpc) is 2.55. The lowest BCUT2D eigenvalue weighted by Crippen LogP contribution is -2.40. The molecule has 1 aromatic heterocycles. The predicted molar refractivity (Wildman–Crippen MR) is 96.8 cm³/mol. The molecule has 0 saturated carbocycles. The molecule has 0 saturated heterocycles. The minimum atomic E-state index is -0.532. The quantitative estimate of drug-likeness (QED) is 0.880. The molecule has 1 aliphatic heterocycles. The van der Waals surface area contributed by atoms with Crippen LogP contribution in [0.4, 0.5) is 20.8 Å². The molecule has 0 spiro atoms. The van der Waals surface area contributed by atoms with Crippen molar-refractivity contribution in [3.05, 3.63) is 47.0 Å². The molecule has 0 unspecified atom stereocenters. The first-order valence-electron chi connectivity index (χ1n) is 8.57. The number of anilines is 2. The van der Waals surface area contributed by atoms with Gasteiger partial charge in [0.25, 0.3) is 0 Å². The van der Waals surface area contributed by atoms with Gasteiger partial charge in [0.1, 0.15) is 11.4 Å². The molecule has 1 N–H and O–H groups in total. The standard InChI is InChI=1S/C19H23FN4O2/c1-12-9-14(20)5-6-15(12)22-17-21-10-13-7-8-24(11-16(13)23-17)18(25)26-19(2,3)4/h5-6,9-10H,7-8,11H2,1-4H3,(H,21,22,23). The molecule has 138 valence electrons. The van der Waals surface area contributed by atoms with E-state index in [-0.39, 0.29) is 11.9 Å². The van der Waals surface area contributed by atoms with Crippen molar-refractivity contribution in [2.75, 3.05) is 11.9 Å². The van der Waals surface area contributed by atoms with Crippen molar-refractivity contribution in [1.82, 2.24) is 14.9 Å². The first-order valence-corrected chi connectivity index (χ1v) is 8.57. The van der Waals surface area contributed by atoms with Gasteiger partial charge >= 0.3 is 6.09 Å². The number of rotatable bonds is 2. The summed E-state index contributed by atoms with van der Waals surface area (Å²) in [5.74, 6) is 0.136. The minimum Gasteiger partial charge on any atom is -0.444 e. The van der Waals surface area contributed by atoms with Gasteiger partial charge in [0.15, 0.2) is 0 Å². The minimum absolute atomic E-state index is 0.285. The van der Waals surface area contributed by atoms with Crippen LogP contribution in [0.15, 0.2) is 24.4 Å². The Labute approximate surface area is 152 Å². The molecule has 2 aromatic rings. The van der Waals surface area contributed by atoms with Crippen molar-refractivity contribution in [3.8, 4) is 0 Å². The zero-order valence-electron chi connectivity index (χ0n) is 15.5. The fourth-order valence-corrected chi connectivity index (χ4v) is 2.73. The van der Waals surface area contributed by atoms with Gasteiger partial charge in [-0.1, -0.05) is 0 Å². The molecule has 1 aliphatic rings. The Hall–Kier alpha value is -2.70. The maximum atomic E-state index is 13.2. The highest BCUT2D eigenvalue weighted by molar-refractivity contribution is 5.68. The van der Waals surface area contributed by atoms with Gasteiger partial charge < -0.3 is 15.0 Å². The third-order valence-electron chi connectivity index (χ3n) is 4.03. The third-order valence-corrected chi connectivity index (χ3v) is 4.03. The number of nitrogens with one attached hydrogen (secondary N) is 1. The molecular formula is C19H23FN4O2. The zero-order valence-corrected chi connectivity index (χ0v) is 15.5. The van der Waals surface area contributed by atoms with Crippen LogP contribution in [0.1, 0.15) is 37.6 Å². The van der Waals surface area contributed by atoms with E-state index in [1.54, 1.807) is 17.2 Å². The van der Waals surface area contributed by atoms with Gasteiger partial charge in [-0.15, -0.1) is 0 Å². The molecule has 0 aliphatic carbocycles. The van der Waals surface area contributed by atoms with Crippen LogP contribution in [0.2, 0.25) is 0 Å². The monoisotopic (exact) mass is 358 g/mol. The van der Waals surface area contributed by atoms with Crippen LogP contribution in [0.3, 0.4) is 0 Å². The van der Waals surface area contributed by atoms with E-state index in [4.69, 9.17) is 4.74 Å². The summed E-state index contributed by atoms with van der Waals surface area (Å²) in [7, 11) is 0. The summed E-state index contributed by atoms with van der Waals surface area (Å²) in [6, 6.07) is 4.49. The lowest BCUT2D eigenvalue weighted by Gasteiger charge is -2.30. The number of carbonyl (C=O) groups excluding carboxylic acids is 1. The van der Waals surface area contributed by atoms with Crippen LogP contribution in [-0.2, 0) is 17.7 Å². The Kier molecular flexibility index (Phi) is 4.80. The highest BCUT2D eigenvalue weighted by Gasteiger charge is 2.26. The highest BCUT2D eigenvalue weighted by atomic mass is 19.1. The van der Waals surface area contributed by atoms with E-state index >= 15 is 0 Å². The predicted octanol–water partition coefficient (Wildman–Crippen LogP) is 3.96. The number of hydrogen-bond acceptors (Lipinski definition) is 5. The molecule has 26 heavy (non-hydrogen) atoms. The van der Waals surface area contributed by atoms with Gasteiger partial charge in [-0.2, -0.15) is 0 Å². The average molecular weight is 358 g/mol. The molecule has 6 nitrogen and oxygen atoms in total. The molecule has 0 radical (unpaired) electrons. The number of hydrogen-bond donors (Lipinski definition) is 1. The Bertz CT molecular complexity index is 833. The molecule has 3 rings (SSSR count). The van der Waals surface area contributed by atoms with Gasteiger partial charge in [-0.25, -0.2) is 19.2 Å².